The van der Waals surface area contributed by atoms with Crippen LogP contribution in [0.5, 0.6) is 0 Å². The minimum Gasteiger partial charge on any atom is -0.339 e. The number of thiophene rings is 1. The summed E-state index contributed by atoms with van der Waals surface area (Å²) in [6, 6.07) is 9.91. The highest BCUT2D eigenvalue weighted by molar-refractivity contribution is 7.89. The third-order valence-corrected chi connectivity index (χ3v) is 8.78. The number of hydrazine groups is 1. The maximum Gasteiger partial charge on any atom is 0.243 e. The highest BCUT2D eigenvalue weighted by atomic mass is 32.2. The van der Waals surface area contributed by atoms with Crippen molar-refractivity contribution in [2.45, 2.75) is 37.2 Å². The fraction of sp³-hybridized carbons (Fsp3) is 0.429. The second kappa shape index (κ2) is 8.79. The smallest absolute Gasteiger partial charge is 0.243 e. The molecule has 31 heavy (non-hydrogen) atoms. The maximum atomic E-state index is 12.9. The van der Waals surface area contributed by atoms with Crippen LogP contribution in [-0.2, 0) is 14.8 Å². The van der Waals surface area contributed by atoms with Crippen LogP contribution in [0, 0.1) is 6.92 Å². The lowest BCUT2D eigenvalue weighted by Gasteiger charge is -2.35. The average molecular weight is 463 g/mol. The molecule has 1 aromatic heterocycles. The first-order chi connectivity index (χ1) is 14.8. The molecule has 1 aromatic carbocycles. The van der Waals surface area contributed by atoms with E-state index in [1.54, 1.807) is 16.2 Å². The maximum absolute atomic E-state index is 12.9. The van der Waals surface area contributed by atoms with Crippen molar-refractivity contribution < 1.29 is 18.0 Å². The number of rotatable bonds is 5. The molecule has 2 aromatic rings. The first-order valence-electron chi connectivity index (χ1n) is 10.2. The first kappa shape index (κ1) is 22.1. The van der Waals surface area contributed by atoms with E-state index >= 15 is 0 Å². The third-order valence-electron chi connectivity index (χ3n) is 5.75. The van der Waals surface area contributed by atoms with Crippen LogP contribution in [0.4, 0.5) is 0 Å². The Bertz CT molecular complexity index is 1070. The summed E-state index contributed by atoms with van der Waals surface area (Å²) in [5.74, 6) is -0.117. The summed E-state index contributed by atoms with van der Waals surface area (Å²) in [7, 11) is -3.66. The second-order valence-corrected chi connectivity index (χ2v) is 11.1. The van der Waals surface area contributed by atoms with Crippen molar-refractivity contribution in [3.05, 3.63) is 51.7 Å². The van der Waals surface area contributed by atoms with E-state index in [4.69, 9.17) is 0 Å². The lowest BCUT2D eigenvalue weighted by Crippen LogP contribution is -2.54. The summed E-state index contributed by atoms with van der Waals surface area (Å²) in [6.45, 7) is 4.70. The Morgan fingerprint density at radius 2 is 1.68 bits per heavy atom. The molecule has 1 amide bonds. The molecule has 2 saturated heterocycles. The Morgan fingerprint density at radius 3 is 2.26 bits per heavy atom. The molecule has 8 nitrogen and oxygen atoms in total. The van der Waals surface area contributed by atoms with E-state index in [1.807, 2.05) is 0 Å². The van der Waals surface area contributed by atoms with Gasteiger partial charge in [0.15, 0.2) is 5.78 Å². The van der Waals surface area contributed by atoms with E-state index in [-0.39, 0.29) is 41.8 Å². The highest BCUT2D eigenvalue weighted by Crippen LogP contribution is 2.29. The van der Waals surface area contributed by atoms with Gasteiger partial charge in [-0.3, -0.25) is 9.59 Å². The number of nitrogens with zero attached hydrogens (tertiary/aromatic N) is 2. The van der Waals surface area contributed by atoms with Gasteiger partial charge in [0.05, 0.1) is 10.9 Å². The number of amides is 1. The van der Waals surface area contributed by atoms with Crippen molar-refractivity contribution in [2.75, 3.05) is 26.2 Å². The number of nitrogens with one attached hydrogen (secondary N) is 2. The van der Waals surface area contributed by atoms with Crippen LogP contribution in [0.1, 0.15) is 39.5 Å². The van der Waals surface area contributed by atoms with Crippen LogP contribution < -0.4 is 10.9 Å². The molecule has 2 N–H and O–H groups in total. The van der Waals surface area contributed by atoms with Crippen molar-refractivity contribution in [2.24, 2.45) is 0 Å². The molecule has 0 radical (unpaired) electrons. The molecule has 4 rings (SSSR count). The fourth-order valence-electron chi connectivity index (χ4n) is 3.93. The number of hydrogen-bond donors (Lipinski definition) is 2. The molecule has 2 aliphatic rings. The minimum absolute atomic E-state index is 0.00821. The van der Waals surface area contributed by atoms with E-state index in [2.05, 4.69) is 29.9 Å². The van der Waals surface area contributed by atoms with Crippen molar-refractivity contribution in [1.29, 1.82) is 0 Å². The lowest BCUT2D eigenvalue weighted by molar-refractivity contribution is -0.134. The molecular formula is C21H26N4O4S2. The Hall–Kier alpha value is -2.11. The fourth-order valence-corrected chi connectivity index (χ4v) is 6.29. The molecule has 0 saturated carbocycles. The largest absolute Gasteiger partial charge is 0.339 e. The predicted octanol–water partition coefficient (Wildman–Crippen LogP) is 1.70. The van der Waals surface area contributed by atoms with Crippen molar-refractivity contribution in [3.63, 3.8) is 0 Å². The number of carbonyl (C=O) groups excluding carboxylic acids is 2. The number of piperazine rings is 1. The van der Waals surface area contributed by atoms with Gasteiger partial charge in [-0.05, 0) is 44.5 Å². The molecule has 2 fully saturated rings. The summed E-state index contributed by atoms with van der Waals surface area (Å²) < 4.78 is 27.2. The monoisotopic (exact) mass is 462 g/mol. The van der Waals surface area contributed by atoms with Gasteiger partial charge in [-0.1, -0.05) is 12.1 Å². The van der Waals surface area contributed by atoms with Crippen molar-refractivity contribution >= 4 is 33.1 Å². The number of ketones is 1. The van der Waals surface area contributed by atoms with E-state index in [9.17, 15) is 18.0 Å². The van der Waals surface area contributed by atoms with Gasteiger partial charge in [-0.15, -0.1) is 11.3 Å². The predicted molar refractivity (Wildman–Crippen MR) is 118 cm³/mol. The van der Waals surface area contributed by atoms with Gasteiger partial charge in [0.25, 0.3) is 0 Å². The average Bonchev–Trinajstić information content (AvgIpc) is 3.42. The summed E-state index contributed by atoms with van der Waals surface area (Å²) >= 11 is 1.72. The van der Waals surface area contributed by atoms with Gasteiger partial charge < -0.3 is 4.90 Å². The molecule has 0 aliphatic carbocycles. The molecular weight excluding hydrogens is 436 g/mol. The van der Waals surface area contributed by atoms with Crippen molar-refractivity contribution in [3.8, 4) is 0 Å². The van der Waals surface area contributed by atoms with Gasteiger partial charge in [-0.2, -0.15) is 4.31 Å². The summed E-state index contributed by atoms with van der Waals surface area (Å²) in [5.41, 5.74) is 6.78. The lowest BCUT2D eigenvalue weighted by atomic mass is 10.1. The Labute approximate surface area is 186 Å². The van der Waals surface area contributed by atoms with Crippen LogP contribution in [0.3, 0.4) is 0 Å². The van der Waals surface area contributed by atoms with Crippen LogP contribution in [0.2, 0.25) is 0 Å². The van der Waals surface area contributed by atoms with Crippen molar-refractivity contribution in [1.82, 2.24) is 20.1 Å². The quantitative estimate of drug-likeness (QED) is 0.657. The molecule has 166 valence electrons. The number of hydrogen-bond acceptors (Lipinski definition) is 7. The molecule has 0 spiro atoms. The number of aryl methyl sites for hydroxylation is 1. The normalized spacial score (nSPS) is 22.6. The van der Waals surface area contributed by atoms with E-state index < -0.39 is 10.0 Å². The molecule has 0 bridgehead atoms. The topological polar surface area (TPSA) is 98.8 Å². The molecule has 10 heteroatoms. The molecule has 2 aliphatic heterocycles. The van der Waals surface area contributed by atoms with Gasteiger partial charge in [0.2, 0.25) is 15.9 Å². The number of sulfonamides is 1. The zero-order valence-corrected chi connectivity index (χ0v) is 19.1. The minimum atomic E-state index is -3.66. The van der Waals surface area contributed by atoms with E-state index in [0.717, 1.165) is 0 Å². The zero-order chi connectivity index (χ0) is 22.2. The van der Waals surface area contributed by atoms with Crippen LogP contribution in [-0.4, -0.2) is 61.5 Å². The van der Waals surface area contributed by atoms with Crippen LogP contribution in [0.15, 0.2) is 41.3 Å². The summed E-state index contributed by atoms with van der Waals surface area (Å²) in [5, 5.41) is 0. The zero-order valence-electron chi connectivity index (χ0n) is 17.5. The summed E-state index contributed by atoms with van der Waals surface area (Å²) in [6.07, 6.45) is 0.666. The molecule has 2 unspecified atom stereocenters. The standard InChI is InChI=1S/C21H26N4O4S2/c1-14-3-8-20(30-14)18-13-19(23-22-18)21(27)24-9-11-25(12-10-24)31(28,29)17-6-4-16(5-7-17)15(2)26/h3-8,18-19,22-23H,9-13H2,1-2H3. The van der Waals surface area contributed by atoms with Crippen LogP contribution >= 0.6 is 11.3 Å². The Balaban J connectivity index is 1.35. The number of Topliss-reactive ketones (excluding diaryl/α,β-unsaturated/α-hetero) is 1. The van der Waals surface area contributed by atoms with Gasteiger partial charge in [0, 0.05) is 41.5 Å². The van der Waals surface area contributed by atoms with Gasteiger partial charge in [-0.25, -0.2) is 19.3 Å². The Morgan fingerprint density at radius 1 is 1.00 bits per heavy atom. The molecule has 2 atom stereocenters. The second-order valence-electron chi connectivity index (χ2n) is 7.89. The van der Waals surface area contributed by atoms with Crippen LogP contribution in [0.25, 0.3) is 0 Å². The Kier molecular flexibility index (Phi) is 6.27. The molecule has 3 heterocycles. The van der Waals surface area contributed by atoms with Gasteiger partial charge >= 0.3 is 0 Å². The first-order valence-corrected chi connectivity index (χ1v) is 12.5. The third kappa shape index (κ3) is 4.58. The van der Waals surface area contributed by atoms with Gasteiger partial charge in [0.1, 0.15) is 6.04 Å². The highest BCUT2D eigenvalue weighted by Gasteiger charge is 2.36. The SMILES string of the molecule is CC(=O)c1ccc(S(=O)(=O)N2CCN(C(=O)C3CC(c4ccc(C)s4)NN3)CC2)cc1. The number of benzene rings is 1. The van der Waals surface area contributed by atoms with E-state index in [0.29, 0.717) is 25.1 Å². The summed E-state index contributed by atoms with van der Waals surface area (Å²) in [4.78, 5) is 28.7. The van der Waals surface area contributed by atoms with E-state index in [1.165, 1.54) is 45.2 Å². The number of carbonyl (C=O) groups is 2.